The predicted octanol–water partition coefficient (Wildman–Crippen LogP) is 5.35. The van der Waals surface area contributed by atoms with Crippen LogP contribution in [0.2, 0.25) is 0 Å². The van der Waals surface area contributed by atoms with Gasteiger partial charge in [-0.2, -0.15) is 5.10 Å². The third-order valence-corrected chi connectivity index (χ3v) is 5.60. The number of benzene rings is 1. The molecule has 146 valence electrons. The smallest absolute Gasteiger partial charge is 0.230 e. The summed E-state index contributed by atoms with van der Waals surface area (Å²) in [5, 5.41) is 4.60. The van der Waals surface area contributed by atoms with Crippen LogP contribution in [0.3, 0.4) is 0 Å². The van der Waals surface area contributed by atoms with Gasteiger partial charge in [0.1, 0.15) is 5.82 Å². The molecule has 6 nitrogen and oxygen atoms in total. The minimum Gasteiger partial charge on any atom is -0.436 e. The molecule has 3 aromatic heterocycles. The number of hydrogen-bond acceptors (Lipinski definition) is 5. The van der Waals surface area contributed by atoms with Gasteiger partial charge >= 0.3 is 0 Å². The molecule has 0 unspecified atom stereocenters. The van der Waals surface area contributed by atoms with Gasteiger partial charge in [0.2, 0.25) is 5.89 Å². The van der Waals surface area contributed by atoms with E-state index in [0.717, 1.165) is 16.7 Å². The monoisotopic (exact) mass is 385 g/mol. The van der Waals surface area contributed by atoms with Crippen molar-refractivity contribution in [1.82, 2.24) is 19.7 Å². The highest BCUT2D eigenvalue weighted by molar-refractivity contribution is 5.75. The van der Waals surface area contributed by atoms with Crippen LogP contribution in [0.1, 0.15) is 38.1 Å². The van der Waals surface area contributed by atoms with E-state index in [9.17, 15) is 0 Å². The van der Waals surface area contributed by atoms with E-state index in [2.05, 4.69) is 25.9 Å². The summed E-state index contributed by atoms with van der Waals surface area (Å²) in [4.78, 5) is 8.81. The first-order valence-electron chi connectivity index (χ1n) is 10.1. The van der Waals surface area contributed by atoms with Crippen LogP contribution in [0.5, 0.6) is 0 Å². The van der Waals surface area contributed by atoms with Gasteiger partial charge in [-0.3, -0.25) is 4.68 Å². The van der Waals surface area contributed by atoms with Gasteiger partial charge in [0.05, 0.1) is 24.0 Å². The zero-order valence-corrected chi connectivity index (χ0v) is 16.2. The molecule has 1 aliphatic rings. The van der Waals surface area contributed by atoms with Crippen molar-refractivity contribution in [2.75, 3.05) is 5.73 Å². The minimum absolute atomic E-state index is 0.398. The van der Waals surface area contributed by atoms with Crippen LogP contribution < -0.4 is 5.73 Å². The molecule has 0 amide bonds. The van der Waals surface area contributed by atoms with Crippen LogP contribution in [0.15, 0.2) is 65.6 Å². The predicted molar refractivity (Wildman–Crippen MR) is 113 cm³/mol. The lowest BCUT2D eigenvalue weighted by Crippen LogP contribution is -2.12. The molecule has 0 saturated heterocycles. The maximum atomic E-state index is 6.14. The lowest BCUT2D eigenvalue weighted by molar-refractivity contribution is 0.329. The average molecular weight is 385 g/mol. The van der Waals surface area contributed by atoms with Crippen LogP contribution in [0.25, 0.3) is 33.9 Å². The average Bonchev–Trinajstić information content (AvgIpc) is 3.46. The molecule has 1 aliphatic carbocycles. The minimum atomic E-state index is 0.398. The largest absolute Gasteiger partial charge is 0.436 e. The maximum Gasteiger partial charge on any atom is 0.230 e. The lowest BCUT2D eigenvalue weighted by Gasteiger charge is -2.21. The van der Waals surface area contributed by atoms with E-state index in [1.807, 2.05) is 42.6 Å². The van der Waals surface area contributed by atoms with Crippen molar-refractivity contribution in [2.45, 2.75) is 38.1 Å². The second-order valence-electron chi connectivity index (χ2n) is 7.55. The van der Waals surface area contributed by atoms with E-state index in [-0.39, 0.29) is 0 Å². The summed E-state index contributed by atoms with van der Waals surface area (Å²) in [5.74, 6) is 1.57. The molecule has 1 aromatic carbocycles. The van der Waals surface area contributed by atoms with Crippen molar-refractivity contribution < 1.29 is 4.42 Å². The SMILES string of the molecule is Nc1ncc(-c2cnn(C3CCCCC3)c2)cc1-c1ncc(-c2ccccc2)o1. The van der Waals surface area contributed by atoms with Crippen molar-refractivity contribution in [2.24, 2.45) is 0 Å². The van der Waals surface area contributed by atoms with Crippen molar-refractivity contribution in [3.05, 3.63) is 61.2 Å². The van der Waals surface area contributed by atoms with E-state index in [0.29, 0.717) is 29.1 Å². The molecule has 3 heterocycles. The Morgan fingerprint density at radius 3 is 2.55 bits per heavy atom. The van der Waals surface area contributed by atoms with Crippen molar-refractivity contribution in [3.63, 3.8) is 0 Å². The van der Waals surface area contributed by atoms with E-state index in [4.69, 9.17) is 10.2 Å². The number of rotatable bonds is 4. The number of pyridine rings is 1. The Labute approximate surface area is 169 Å². The number of nitrogen functional groups attached to an aromatic ring is 1. The summed E-state index contributed by atoms with van der Waals surface area (Å²) in [5.41, 5.74) is 9.78. The number of nitrogens with zero attached hydrogens (tertiary/aromatic N) is 4. The summed E-state index contributed by atoms with van der Waals surface area (Å²) < 4.78 is 8.08. The standard InChI is InChI=1S/C23H23N5O/c24-22-20(23-26-14-21(29-23)16-7-3-1-4-8-16)11-17(12-25-22)18-13-27-28(15-18)19-9-5-2-6-10-19/h1,3-4,7-8,11-15,19H,2,5-6,9-10H2,(H2,24,25). The third kappa shape index (κ3) is 3.53. The second kappa shape index (κ2) is 7.54. The van der Waals surface area contributed by atoms with Crippen LogP contribution in [-0.2, 0) is 0 Å². The molecule has 0 atom stereocenters. The zero-order chi connectivity index (χ0) is 19.6. The summed E-state index contributed by atoms with van der Waals surface area (Å²) >= 11 is 0. The van der Waals surface area contributed by atoms with Crippen LogP contribution in [0.4, 0.5) is 5.82 Å². The number of nitrogens with two attached hydrogens (primary N) is 1. The number of aromatic nitrogens is 4. The fourth-order valence-electron chi connectivity index (χ4n) is 3.97. The Hall–Kier alpha value is -3.41. The maximum absolute atomic E-state index is 6.14. The highest BCUT2D eigenvalue weighted by Crippen LogP contribution is 2.33. The molecule has 1 saturated carbocycles. The third-order valence-electron chi connectivity index (χ3n) is 5.60. The van der Waals surface area contributed by atoms with E-state index < -0.39 is 0 Å². The summed E-state index contributed by atoms with van der Waals surface area (Å²) in [6.07, 6.45) is 13.8. The van der Waals surface area contributed by atoms with Crippen molar-refractivity contribution in [3.8, 4) is 33.9 Å². The first-order valence-corrected chi connectivity index (χ1v) is 10.1. The highest BCUT2D eigenvalue weighted by atomic mass is 16.4. The van der Waals surface area contributed by atoms with Crippen molar-refractivity contribution in [1.29, 1.82) is 0 Å². The molecule has 6 heteroatoms. The Kier molecular flexibility index (Phi) is 4.60. The Bertz CT molecular complexity index is 1110. The number of anilines is 1. The summed E-state index contributed by atoms with van der Waals surface area (Å²) in [7, 11) is 0. The van der Waals surface area contributed by atoms with Gasteiger partial charge in [0.15, 0.2) is 5.76 Å². The van der Waals surface area contributed by atoms with Gasteiger partial charge in [-0.05, 0) is 18.9 Å². The first kappa shape index (κ1) is 17.7. The van der Waals surface area contributed by atoms with E-state index >= 15 is 0 Å². The zero-order valence-electron chi connectivity index (χ0n) is 16.2. The molecule has 0 bridgehead atoms. The number of oxazole rings is 1. The lowest BCUT2D eigenvalue weighted by atomic mass is 9.96. The molecule has 2 N–H and O–H groups in total. The molecule has 0 radical (unpaired) electrons. The first-order chi connectivity index (χ1) is 14.3. The summed E-state index contributed by atoms with van der Waals surface area (Å²) in [6.45, 7) is 0. The Balaban J connectivity index is 1.45. The van der Waals surface area contributed by atoms with Crippen molar-refractivity contribution >= 4 is 5.82 Å². The Morgan fingerprint density at radius 2 is 1.72 bits per heavy atom. The van der Waals surface area contributed by atoms with Crippen LogP contribution in [0, 0.1) is 0 Å². The summed E-state index contributed by atoms with van der Waals surface area (Å²) in [6, 6.07) is 12.4. The van der Waals surface area contributed by atoms with Gasteiger partial charge in [0.25, 0.3) is 0 Å². The molecule has 5 rings (SSSR count). The highest BCUT2D eigenvalue weighted by Gasteiger charge is 2.18. The molecule has 29 heavy (non-hydrogen) atoms. The van der Waals surface area contributed by atoms with E-state index in [1.165, 1.54) is 32.1 Å². The normalized spacial score (nSPS) is 14.9. The van der Waals surface area contributed by atoms with Gasteiger partial charge in [-0.15, -0.1) is 0 Å². The van der Waals surface area contributed by atoms with Gasteiger partial charge < -0.3 is 10.2 Å². The topological polar surface area (TPSA) is 82.8 Å². The van der Waals surface area contributed by atoms with Crippen LogP contribution in [-0.4, -0.2) is 19.7 Å². The molecular weight excluding hydrogens is 362 g/mol. The molecule has 4 aromatic rings. The van der Waals surface area contributed by atoms with Gasteiger partial charge in [0, 0.05) is 29.1 Å². The fourth-order valence-corrected chi connectivity index (χ4v) is 3.97. The quantitative estimate of drug-likeness (QED) is 0.512. The van der Waals surface area contributed by atoms with Gasteiger partial charge in [-0.1, -0.05) is 49.6 Å². The second-order valence-corrected chi connectivity index (χ2v) is 7.55. The number of hydrogen-bond donors (Lipinski definition) is 1. The fraction of sp³-hybridized carbons (Fsp3) is 0.261. The Morgan fingerprint density at radius 1 is 0.897 bits per heavy atom. The molecule has 0 aliphatic heterocycles. The molecule has 1 fully saturated rings. The van der Waals surface area contributed by atoms with Gasteiger partial charge in [-0.25, -0.2) is 9.97 Å². The molecular formula is C23H23N5O. The van der Waals surface area contributed by atoms with Crippen LogP contribution >= 0.6 is 0 Å². The van der Waals surface area contributed by atoms with E-state index in [1.54, 1.807) is 12.4 Å². The molecule has 0 spiro atoms.